The van der Waals surface area contributed by atoms with E-state index in [0.29, 0.717) is 4.57 Å². The molecule has 152 valence electrons. The normalized spacial score (nSPS) is 13.7. The smallest absolute Gasteiger partial charge is 0.423 e. The van der Waals surface area contributed by atoms with Crippen LogP contribution in [0.25, 0.3) is 5.57 Å². The maximum atomic E-state index is 12.3. The summed E-state index contributed by atoms with van der Waals surface area (Å²) >= 11 is 0. The molecule has 12 nitrogen and oxygen atoms in total. The largest absolute Gasteiger partial charge is 0.494 e. The Bertz CT molecular complexity index is 1130. The summed E-state index contributed by atoms with van der Waals surface area (Å²) in [4.78, 5) is 63.1. The van der Waals surface area contributed by atoms with E-state index in [9.17, 15) is 34.2 Å². The Morgan fingerprint density at radius 2 is 1.79 bits per heavy atom. The van der Waals surface area contributed by atoms with E-state index in [1.165, 1.54) is 0 Å². The summed E-state index contributed by atoms with van der Waals surface area (Å²) < 4.78 is 6.38. The number of amides is 2. The number of imide groups is 1. The monoisotopic (exact) mass is 404 g/mol. The highest BCUT2D eigenvalue weighted by Gasteiger charge is 2.32. The van der Waals surface area contributed by atoms with Crippen LogP contribution in [0.4, 0.5) is 4.79 Å². The van der Waals surface area contributed by atoms with Gasteiger partial charge >= 0.3 is 11.8 Å². The van der Waals surface area contributed by atoms with Gasteiger partial charge in [0.15, 0.2) is 0 Å². The van der Waals surface area contributed by atoms with Crippen molar-refractivity contribution in [1.29, 1.82) is 0 Å². The predicted octanol–water partition coefficient (Wildman–Crippen LogP) is -0.794. The zero-order valence-corrected chi connectivity index (χ0v) is 15.1. The molecule has 0 aliphatic carbocycles. The highest BCUT2D eigenvalue weighted by atomic mass is 16.6. The van der Waals surface area contributed by atoms with Gasteiger partial charge in [0.25, 0.3) is 17.4 Å². The van der Waals surface area contributed by atoms with Crippen molar-refractivity contribution in [3.05, 3.63) is 50.8 Å². The topological polar surface area (TPSA) is 164 Å². The lowest BCUT2D eigenvalue weighted by Crippen LogP contribution is -2.35. The number of carbonyl (C=O) groups excluding carboxylic acids is 3. The molecule has 2 aromatic heterocycles. The fourth-order valence-electron chi connectivity index (χ4n) is 2.77. The van der Waals surface area contributed by atoms with Gasteiger partial charge in [0.1, 0.15) is 6.61 Å². The highest BCUT2D eigenvalue weighted by molar-refractivity contribution is 6.33. The Hall–Kier alpha value is -4.09. The first-order chi connectivity index (χ1) is 13.7. The van der Waals surface area contributed by atoms with Gasteiger partial charge in [-0.15, -0.1) is 0 Å². The van der Waals surface area contributed by atoms with Crippen molar-refractivity contribution in [2.24, 2.45) is 0 Å². The number of aromatic nitrogens is 3. The van der Waals surface area contributed by atoms with Crippen molar-refractivity contribution in [3.8, 4) is 11.8 Å². The summed E-state index contributed by atoms with van der Waals surface area (Å²) in [6.45, 7) is 1.18. The van der Waals surface area contributed by atoms with Gasteiger partial charge in [0.2, 0.25) is 11.8 Å². The number of nitrogens with zero attached hydrogens (tertiary/aromatic N) is 3. The first-order valence-corrected chi connectivity index (χ1v) is 8.43. The number of ether oxygens (including phenoxy) is 1. The van der Waals surface area contributed by atoms with E-state index in [1.54, 1.807) is 6.92 Å². The zero-order valence-electron chi connectivity index (χ0n) is 15.1. The van der Waals surface area contributed by atoms with Crippen LogP contribution in [0.5, 0.6) is 11.8 Å². The predicted molar refractivity (Wildman–Crippen MR) is 96.2 cm³/mol. The van der Waals surface area contributed by atoms with E-state index in [2.05, 4.69) is 0 Å². The van der Waals surface area contributed by atoms with Crippen LogP contribution in [-0.2, 0) is 20.9 Å². The molecular weight excluding hydrogens is 388 g/mol. The van der Waals surface area contributed by atoms with E-state index < -0.39 is 40.9 Å². The van der Waals surface area contributed by atoms with Gasteiger partial charge in [-0.3, -0.25) is 28.8 Å². The molecule has 0 unspecified atom stereocenters. The van der Waals surface area contributed by atoms with Crippen molar-refractivity contribution in [3.63, 3.8) is 0 Å². The number of carbonyl (C=O) groups is 3. The summed E-state index contributed by atoms with van der Waals surface area (Å²) in [5, 5.41) is 19.0. The minimum atomic E-state index is -1.08. The average Bonchev–Trinajstić information content (AvgIpc) is 3.14. The number of hydrogen-bond acceptors (Lipinski definition) is 8. The number of likely N-dealkylation sites (N-methyl/N-ethyl adjacent to an activating group) is 1. The molecule has 3 heterocycles. The summed E-state index contributed by atoms with van der Waals surface area (Å²) in [5.74, 6) is -2.29. The molecule has 1 aliphatic heterocycles. The van der Waals surface area contributed by atoms with E-state index in [1.807, 2.05) is 4.98 Å². The number of aromatic hydroxyl groups is 2. The SMILES string of the molecule is CCN1C(=O)C=C(c2cn(CCOC(=O)n3c(O)ccc3O)c(=O)[nH]c2=O)C1=O. The molecule has 0 aromatic carbocycles. The molecule has 3 N–H and O–H groups in total. The summed E-state index contributed by atoms with van der Waals surface area (Å²) in [6.07, 6.45) is 1.03. The van der Waals surface area contributed by atoms with Crippen LogP contribution in [0.15, 0.2) is 34.0 Å². The Morgan fingerprint density at radius 3 is 2.38 bits per heavy atom. The molecule has 2 aromatic rings. The fourth-order valence-corrected chi connectivity index (χ4v) is 2.77. The summed E-state index contributed by atoms with van der Waals surface area (Å²) in [6, 6.07) is 2.17. The number of aromatic amines is 1. The third kappa shape index (κ3) is 3.54. The zero-order chi connectivity index (χ0) is 21.3. The molecule has 0 saturated carbocycles. The molecule has 12 heteroatoms. The molecule has 0 spiro atoms. The van der Waals surface area contributed by atoms with Crippen LogP contribution < -0.4 is 11.2 Å². The third-order valence-electron chi connectivity index (χ3n) is 4.21. The maximum Gasteiger partial charge on any atom is 0.423 e. The van der Waals surface area contributed by atoms with E-state index in [4.69, 9.17) is 4.74 Å². The first-order valence-electron chi connectivity index (χ1n) is 8.43. The second kappa shape index (κ2) is 7.50. The maximum absolute atomic E-state index is 12.3. The number of hydrogen-bond donors (Lipinski definition) is 3. The second-order valence-electron chi connectivity index (χ2n) is 5.94. The van der Waals surface area contributed by atoms with Gasteiger partial charge in [0, 0.05) is 31.0 Å². The van der Waals surface area contributed by atoms with Crippen LogP contribution >= 0.6 is 0 Å². The van der Waals surface area contributed by atoms with Gasteiger partial charge in [-0.1, -0.05) is 0 Å². The second-order valence-corrected chi connectivity index (χ2v) is 5.94. The standard InChI is InChI=1S/C17H16N4O8/c1-2-20-13(24)7-9(15(20)26)10-8-19(16(27)18-14(10)25)5-6-29-17(28)21-11(22)3-4-12(21)23/h3-4,7-8,22-23H,2,5-6H2,1H3,(H,18,25,27). The van der Waals surface area contributed by atoms with Crippen molar-refractivity contribution >= 4 is 23.5 Å². The fraction of sp³-hybridized carbons (Fsp3) is 0.235. The molecule has 2 amide bonds. The molecule has 0 atom stereocenters. The van der Waals surface area contributed by atoms with Crippen molar-refractivity contribution in [2.75, 3.05) is 13.2 Å². The molecule has 0 radical (unpaired) electrons. The molecule has 29 heavy (non-hydrogen) atoms. The van der Waals surface area contributed by atoms with Gasteiger partial charge < -0.3 is 14.9 Å². The van der Waals surface area contributed by atoms with E-state index in [0.717, 1.165) is 33.9 Å². The average molecular weight is 404 g/mol. The Morgan fingerprint density at radius 1 is 1.14 bits per heavy atom. The number of H-pyrrole nitrogens is 1. The van der Waals surface area contributed by atoms with Crippen LogP contribution in [0.3, 0.4) is 0 Å². The van der Waals surface area contributed by atoms with Crippen LogP contribution in [0.1, 0.15) is 12.5 Å². The van der Waals surface area contributed by atoms with Crippen molar-refractivity contribution < 1.29 is 29.3 Å². The van der Waals surface area contributed by atoms with Crippen LogP contribution in [-0.4, -0.2) is 60.3 Å². The first kappa shape index (κ1) is 19.7. The Balaban J connectivity index is 1.79. The van der Waals surface area contributed by atoms with Crippen LogP contribution in [0.2, 0.25) is 0 Å². The third-order valence-corrected chi connectivity index (χ3v) is 4.21. The van der Waals surface area contributed by atoms with Gasteiger partial charge in [-0.05, 0) is 6.92 Å². The Kier molecular flexibility index (Phi) is 5.08. The Labute approximate surface area is 161 Å². The summed E-state index contributed by atoms with van der Waals surface area (Å²) in [5.41, 5.74) is -1.97. The quantitative estimate of drug-likeness (QED) is 0.546. The van der Waals surface area contributed by atoms with Crippen molar-refractivity contribution in [1.82, 2.24) is 19.0 Å². The van der Waals surface area contributed by atoms with Crippen molar-refractivity contribution in [2.45, 2.75) is 13.5 Å². The lowest BCUT2D eigenvalue weighted by atomic mass is 10.1. The van der Waals surface area contributed by atoms with Gasteiger partial charge in [-0.2, -0.15) is 4.57 Å². The number of nitrogens with one attached hydrogen (secondary N) is 1. The molecular formula is C17H16N4O8. The molecule has 0 saturated heterocycles. The molecule has 0 fully saturated rings. The summed E-state index contributed by atoms with van der Waals surface area (Å²) in [7, 11) is 0. The van der Waals surface area contributed by atoms with Gasteiger partial charge in [-0.25, -0.2) is 9.59 Å². The highest BCUT2D eigenvalue weighted by Crippen LogP contribution is 2.21. The minimum absolute atomic E-state index is 0.129. The lowest BCUT2D eigenvalue weighted by molar-refractivity contribution is -0.136. The molecule has 1 aliphatic rings. The minimum Gasteiger partial charge on any atom is -0.494 e. The van der Waals surface area contributed by atoms with E-state index >= 15 is 0 Å². The molecule has 3 rings (SSSR count). The number of rotatable bonds is 5. The van der Waals surface area contributed by atoms with Gasteiger partial charge in [0.05, 0.1) is 17.7 Å². The van der Waals surface area contributed by atoms with Crippen LogP contribution in [0, 0.1) is 0 Å². The van der Waals surface area contributed by atoms with E-state index in [-0.39, 0.29) is 30.8 Å². The molecule has 0 bridgehead atoms. The lowest BCUT2D eigenvalue weighted by Gasteiger charge is -2.12.